The van der Waals surface area contributed by atoms with Crippen LogP contribution in [0.2, 0.25) is 0 Å². The molecule has 0 radical (unpaired) electrons. The molecule has 23 nitrogen and oxygen atoms in total. The van der Waals surface area contributed by atoms with Gasteiger partial charge in [0.05, 0.1) is 52.7 Å². The van der Waals surface area contributed by atoms with Crippen molar-refractivity contribution in [3.8, 4) is 0 Å². The van der Waals surface area contributed by atoms with Gasteiger partial charge in [-0.05, 0) is 45.1 Å². The van der Waals surface area contributed by atoms with E-state index < -0.39 is 97.9 Å². The maximum Gasteiger partial charge on any atom is 0.317 e. The largest absolute Gasteiger partial charge is 0.481 e. The van der Waals surface area contributed by atoms with Crippen LogP contribution in [-0.2, 0) is 52.6 Å². The fraction of sp³-hybridized carbons (Fsp3) is 0.804. The molecule has 69 heavy (non-hydrogen) atoms. The minimum absolute atomic E-state index is 0.00101. The van der Waals surface area contributed by atoms with Crippen LogP contribution in [0.25, 0.3) is 0 Å². The van der Waals surface area contributed by atoms with Crippen molar-refractivity contribution in [2.24, 2.45) is 5.92 Å². The van der Waals surface area contributed by atoms with Gasteiger partial charge in [-0.2, -0.15) is 0 Å². The van der Waals surface area contributed by atoms with E-state index in [0.29, 0.717) is 19.6 Å². The summed E-state index contributed by atoms with van der Waals surface area (Å²) in [6, 6.07) is -4.44. The number of carbonyl (C=O) groups excluding carboxylic acids is 5. The molecule has 0 unspecified atom stereocenters. The van der Waals surface area contributed by atoms with Gasteiger partial charge in [0, 0.05) is 38.3 Å². The Bertz CT molecular complexity index is 1490. The van der Waals surface area contributed by atoms with Crippen molar-refractivity contribution >= 4 is 53.4 Å². The van der Waals surface area contributed by atoms with Crippen LogP contribution >= 0.6 is 0 Å². The monoisotopic (exact) mass is 991 g/mol. The number of nitrogens with one attached hydrogen (secondary N) is 5. The Kier molecular flexibility index (Phi) is 38.9. The molecule has 0 aliphatic rings. The highest BCUT2D eigenvalue weighted by Gasteiger charge is 2.30. The first-order chi connectivity index (χ1) is 33.0. The number of hydrogen-bond donors (Lipinski definition) is 11. The number of carboxylic acids is 4. The maximum absolute atomic E-state index is 13.4. The lowest BCUT2D eigenvalue weighted by atomic mass is 10.0. The summed E-state index contributed by atoms with van der Waals surface area (Å²) in [6.07, 6.45) is 16.3. The molecule has 0 aliphatic heterocycles. The van der Waals surface area contributed by atoms with E-state index in [9.17, 15) is 53.4 Å². The number of amides is 5. The minimum atomic E-state index is -1.64. The fourth-order valence-corrected chi connectivity index (χ4v) is 6.99. The van der Waals surface area contributed by atoms with Gasteiger partial charge in [-0.25, -0.2) is 0 Å². The Balaban J connectivity index is 4.46. The minimum Gasteiger partial charge on any atom is -0.481 e. The molecule has 398 valence electrons. The van der Waals surface area contributed by atoms with E-state index >= 15 is 0 Å². The fourth-order valence-electron chi connectivity index (χ4n) is 6.99. The van der Waals surface area contributed by atoms with Gasteiger partial charge < -0.3 is 66.7 Å². The second-order valence-electron chi connectivity index (χ2n) is 17.1. The summed E-state index contributed by atoms with van der Waals surface area (Å²) in [6.45, 7) is -0.265. The molecule has 11 N–H and O–H groups in total. The van der Waals surface area contributed by atoms with Crippen LogP contribution in [0.5, 0.6) is 0 Å². The Hall–Kier alpha value is -4.97. The van der Waals surface area contributed by atoms with E-state index in [1.54, 1.807) is 0 Å². The summed E-state index contributed by atoms with van der Waals surface area (Å²) >= 11 is 0. The number of carbonyl (C=O) groups is 9. The number of nitrogens with zero attached hydrogens (tertiary/aromatic N) is 1. The highest BCUT2D eigenvalue weighted by Crippen LogP contribution is 2.14. The van der Waals surface area contributed by atoms with Crippen molar-refractivity contribution in [2.45, 2.75) is 160 Å². The van der Waals surface area contributed by atoms with E-state index in [-0.39, 0.29) is 77.3 Å². The predicted molar refractivity (Wildman–Crippen MR) is 251 cm³/mol. The molecule has 0 rings (SSSR count). The number of aliphatic carboxylic acids is 4. The van der Waals surface area contributed by atoms with Crippen LogP contribution in [0.15, 0.2) is 0 Å². The average Bonchev–Trinajstić information content (AvgIpc) is 3.29. The van der Waals surface area contributed by atoms with Crippen LogP contribution in [0.4, 0.5) is 0 Å². The zero-order valence-electron chi connectivity index (χ0n) is 40.6. The highest BCUT2D eigenvalue weighted by atomic mass is 16.5. The first-order valence-corrected chi connectivity index (χ1v) is 24.4. The summed E-state index contributed by atoms with van der Waals surface area (Å²) in [5, 5.41) is 68.0. The van der Waals surface area contributed by atoms with E-state index in [4.69, 9.17) is 29.9 Å². The summed E-state index contributed by atoms with van der Waals surface area (Å²) in [7, 11) is 0. The van der Waals surface area contributed by atoms with Crippen molar-refractivity contribution in [1.29, 1.82) is 0 Å². The number of rotatable bonds is 47. The Morgan fingerprint density at radius 2 is 0.855 bits per heavy atom. The second-order valence-corrected chi connectivity index (χ2v) is 17.1. The third-order valence-corrected chi connectivity index (χ3v) is 11.0. The van der Waals surface area contributed by atoms with Crippen LogP contribution in [-0.4, -0.2) is 179 Å². The molecule has 0 saturated heterocycles. The Labute approximate surface area is 405 Å². The molecular formula is C46H82N6O17. The molecule has 0 spiro atoms. The smallest absolute Gasteiger partial charge is 0.317 e. The summed E-state index contributed by atoms with van der Waals surface area (Å²) in [5.41, 5.74) is 0. The Morgan fingerprint density at radius 3 is 1.32 bits per heavy atom. The standard InChI is InChI=1S/C46H82N6O17/c1-34(21-22-40(58)59)43(64)49-35(18-16-17-25-52(30-41(60)61)31-42(62)63)45(66)51-37(33-54)46(67)50-36(32-53)44(65)48-24-27-69-29-28-68-26-23-47-38(55)19-14-12-10-8-6-4-2-3-5-7-9-11-13-15-20-39(56)57/h34-37,53-54H,2-33H2,1H3,(H,47,55)(H,48,65)(H,49,64)(H,50,67)(H,51,66)(H,56,57)(H,58,59)(H,60,61)(H,62,63)/t34-,35-,36-,37-/m0/s1. The van der Waals surface area contributed by atoms with E-state index in [1.165, 1.54) is 58.3 Å². The summed E-state index contributed by atoms with van der Waals surface area (Å²) in [5.74, 6) is -8.61. The van der Waals surface area contributed by atoms with Gasteiger partial charge in [-0.15, -0.1) is 0 Å². The molecule has 0 aromatic carbocycles. The van der Waals surface area contributed by atoms with Crippen molar-refractivity contribution in [3.63, 3.8) is 0 Å². The van der Waals surface area contributed by atoms with Gasteiger partial charge in [0.2, 0.25) is 29.5 Å². The van der Waals surface area contributed by atoms with Crippen molar-refractivity contribution in [3.05, 3.63) is 0 Å². The molecule has 4 atom stereocenters. The van der Waals surface area contributed by atoms with Gasteiger partial charge in [0.25, 0.3) is 0 Å². The maximum atomic E-state index is 13.4. The number of unbranched alkanes of at least 4 members (excludes halogenated alkanes) is 14. The first kappa shape index (κ1) is 64.0. The number of aliphatic hydroxyl groups excluding tert-OH is 2. The number of carboxylic acid groups (broad SMARTS) is 4. The molecule has 0 saturated carbocycles. The molecule has 0 heterocycles. The predicted octanol–water partition coefficient (Wildman–Crippen LogP) is 1.16. The summed E-state index contributed by atoms with van der Waals surface area (Å²) in [4.78, 5) is 109. The molecule has 0 fully saturated rings. The van der Waals surface area contributed by atoms with Gasteiger partial charge in [0.1, 0.15) is 18.1 Å². The van der Waals surface area contributed by atoms with Crippen LogP contribution < -0.4 is 26.6 Å². The molecule has 0 aromatic heterocycles. The number of ether oxygens (including phenoxy) is 2. The zero-order valence-corrected chi connectivity index (χ0v) is 40.6. The van der Waals surface area contributed by atoms with E-state index in [0.717, 1.165) is 43.4 Å². The van der Waals surface area contributed by atoms with Crippen molar-refractivity contribution in [2.75, 3.05) is 72.4 Å². The van der Waals surface area contributed by atoms with Gasteiger partial charge in [-0.3, -0.25) is 48.1 Å². The molecule has 0 aliphatic carbocycles. The summed E-state index contributed by atoms with van der Waals surface area (Å²) < 4.78 is 10.9. The molecule has 23 heteroatoms. The lowest BCUT2D eigenvalue weighted by Gasteiger charge is -2.25. The SMILES string of the molecule is C[C@@H](CCC(=O)O)C(=O)N[C@@H](CCCCN(CC(=O)O)CC(=O)O)C(=O)N[C@@H](CO)C(=O)N[C@@H](CO)C(=O)NCCOCCOCCNC(=O)CCCCCCCCCCCCCCCCC(=O)O. The van der Waals surface area contributed by atoms with Crippen molar-refractivity contribution in [1.82, 2.24) is 31.5 Å². The quantitative estimate of drug-likeness (QED) is 0.0381. The molecular weight excluding hydrogens is 909 g/mol. The third-order valence-electron chi connectivity index (χ3n) is 11.0. The lowest BCUT2D eigenvalue weighted by molar-refractivity contribution is -0.142. The van der Waals surface area contributed by atoms with Gasteiger partial charge >= 0.3 is 23.9 Å². The van der Waals surface area contributed by atoms with Crippen LogP contribution in [0, 0.1) is 5.92 Å². The van der Waals surface area contributed by atoms with Crippen LogP contribution in [0.1, 0.15) is 142 Å². The average molecular weight is 991 g/mol. The third kappa shape index (κ3) is 37.6. The Morgan fingerprint density at radius 1 is 0.435 bits per heavy atom. The first-order valence-electron chi connectivity index (χ1n) is 24.4. The van der Waals surface area contributed by atoms with Crippen molar-refractivity contribution < 1.29 is 83.3 Å². The molecule has 0 aromatic rings. The molecule has 0 bridgehead atoms. The van der Waals surface area contributed by atoms with E-state index in [1.807, 2.05) is 0 Å². The highest BCUT2D eigenvalue weighted by molar-refractivity contribution is 5.94. The molecule has 5 amide bonds. The lowest BCUT2D eigenvalue weighted by Crippen LogP contribution is -2.58. The van der Waals surface area contributed by atoms with Gasteiger partial charge in [-0.1, -0.05) is 84.0 Å². The second kappa shape index (κ2) is 42.0. The topological polar surface area (TPSA) is 357 Å². The number of aliphatic hydroxyl groups is 2. The number of hydrogen-bond acceptors (Lipinski definition) is 14. The zero-order chi connectivity index (χ0) is 51.7. The van der Waals surface area contributed by atoms with Gasteiger partial charge in [0.15, 0.2) is 0 Å². The normalized spacial score (nSPS) is 12.9. The van der Waals surface area contributed by atoms with Crippen LogP contribution in [0.3, 0.4) is 0 Å². The van der Waals surface area contributed by atoms with E-state index in [2.05, 4.69) is 26.6 Å².